The number of aromatic nitrogens is 2. The van der Waals surface area contributed by atoms with Crippen LogP contribution in [0.5, 0.6) is 0 Å². The molecule has 0 saturated heterocycles. The van der Waals surface area contributed by atoms with Crippen LogP contribution in [0.2, 0.25) is 0 Å². The van der Waals surface area contributed by atoms with Crippen molar-refractivity contribution in [1.29, 1.82) is 0 Å². The van der Waals surface area contributed by atoms with Crippen molar-refractivity contribution in [2.24, 2.45) is 0 Å². The van der Waals surface area contributed by atoms with Gasteiger partial charge in [-0.3, -0.25) is 0 Å². The van der Waals surface area contributed by atoms with Crippen LogP contribution in [0.3, 0.4) is 0 Å². The highest BCUT2D eigenvalue weighted by Gasteiger charge is 2.19. The van der Waals surface area contributed by atoms with Crippen molar-refractivity contribution in [3.63, 3.8) is 0 Å². The van der Waals surface area contributed by atoms with Gasteiger partial charge in [-0.1, -0.05) is 0 Å². The summed E-state index contributed by atoms with van der Waals surface area (Å²) in [6.07, 6.45) is 4.31. The van der Waals surface area contributed by atoms with Gasteiger partial charge in [-0.05, 0) is 30.7 Å². The first-order valence-electron chi connectivity index (χ1n) is 6.00. The highest BCUT2D eigenvalue weighted by Crippen LogP contribution is 2.28. The van der Waals surface area contributed by atoms with Crippen molar-refractivity contribution in [3.05, 3.63) is 17.3 Å². The molecule has 5 heteroatoms. The summed E-state index contributed by atoms with van der Waals surface area (Å²) >= 11 is 1.71. The number of fused-ring (bicyclic) bond motifs is 1. The van der Waals surface area contributed by atoms with Crippen molar-refractivity contribution in [2.75, 3.05) is 18.4 Å². The molecule has 0 radical (unpaired) electrons. The summed E-state index contributed by atoms with van der Waals surface area (Å²) in [5, 5.41) is 8.99. The van der Waals surface area contributed by atoms with Crippen LogP contribution in [-0.4, -0.2) is 29.1 Å². The molecule has 2 aromatic rings. The van der Waals surface area contributed by atoms with Gasteiger partial charge in [0.15, 0.2) is 0 Å². The minimum absolute atomic E-state index is 0.770. The lowest BCUT2D eigenvalue weighted by atomic mass is 10.3. The van der Waals surface area contributed by atoms with Crippen molar-refractivity contribution >= 4 is 27.4 Å². The Hall–Kier alpha value is -1.20. The molecule has 0 unspecified atom stereocenters. The smallest absolute Gasteiger partial charge is 0.147 e. The molecule has 17 heavy (non-hydrogen) atoms. The Balaban J connectivity index is 1.66. The first-order valence-corrected chi connectivity index (χ1v) is 6.88. The van der Waals surface area contributed by atoms with E-state index in [1.807, 2.05) is 0 Å². The number of rotatable bonds is 5. The first kappa shape index (κ1) is 10.9. The van der Waals surface area contributed by atoms with E-state index < -0.39 is 0 Å². The SMILES string of the molecule is Cc1csc2c(NCCNC3CC3)ncnc12. The fourth-order valence-corrected chi connectivity index (χ4v) is 2.81. The molecular formula is C12H16N4S. The van der Waals surface area contributed by atoms with Gasteiger partial charge in [-0.2, -0.15) is 0 Å². The maximum absolute atomic E-state index is 4.31. The van der Waals surface area contributed by atoms with Crippen LogP contribution in [0.4, 0.5) is 5.82 Å². The van der Waals surface area contributed by atoms with Gasteiger partial charge in [0.2, 0.25) is 0 Å². The molecule has 2 N–H and O–H groups in total. The van der Waals surface area contributed by atoms with E-state index in [1.165, 1.54) is 18.4 Å². The zero-order valence-electron chi connectivity index (χ0n) is 9.86. The number of hydrogen-bond acceptors (Lipinski definition) is 5. The van der Waals surface area contributed by atoms with E-state index in [4.69, 9.17) is 0 Å². The predicted octanol–water partition coefficient (Wildman–Crippen LogP) is 2.16. The van der Waals surface area contributed by atoms with Crippen molar-refractivity contribution < 1.29 is 0 Å². The largest absolute Gasteiger partial charge is 0.368 e. The molecule has 0 atom stereocenters. The molecule has 1 saturated carbocycles. The van der Waals surface area contributed by atoms with Crippen LogP contribution in [0.15, 0.2) is 11.7 Å². The predicted molar refractivity (Wildman–Crippen MR) is 71.7 cm³/mol. The molecule has 2 heterocycles. The van der Waals surface area contributed by atoms with Gasteiger partial charge in [0.25, 0.3) is 0 Å². The standard InChI is InChI=1S/C12H16N4S/c1-8-6-17-11-10(8)15-7-16-12(11)14-5-4-13-9-2-3-9/h6-7,9,13H,2-5H2,1H3,(H,14,15,16). The molecule has 0 bridgehead atoms. The van der Waals surface area contributed by atoms with E-state index in [1.54, 1.807) is 17.7 Å². The van der Waals surface area contributed by atoms with Crippen molar-refractivity contribution in [3.8, 4) is 0 Å². The van der Waals surface area contributed by atoms with Crippen molar-refractivity contribution in [2.45, 2.75) is 25.8 Å². The molecule has 1 fully saturated rings. The molecule has 2 aromatic heterocycles. The Kier molecular flexibility index (Phi) is 2.94. The molecule has 4 nitrogen and oxygen atoms in total. The molecule has 1 aliphatic rings. The summed E-state index contributed by atoms with van der Waals surface area (Å²) in [6, 6.07) is 0.770. The Morgan fingerprint density at radius 1 is 1.35 bits per heavy atom. The number of anilines is 1. The highest BCUT2D eigenvalue weighted by atomic mass is 32.1. The maximum Gasteiger partial charge on any atom is 0.147 e. The molecule has 0 amide bonds. The van der Waals surface area contributed by atoms with Crippen LogP contribution in [0.1, 0.15) is 18.4 Å². The van der Waals surface area contributed by atoms with Gasteiger partial charge in [0, 0.05) is 19.1 Å². The van der Waals surface area contributed by atoms with Crippen LogP contribution in [0, 0.1) is 6.92 Å². The van der Waals surface area contributed by atoms with Crippen LogP contribution in [0.25, 0.3) is 10.2 Å². The number of aryl methyl sites for hydroxylation is 1. The fourth-order valence-electron chi connectivity index (χ4n) is 1.84. The molecule has 0 aliphatic heterocycles. The van der Waals surface area contributed by atoms with Crippen LogP contribution < -0.4 is 10.6 Å². The van der Waals surface area contributed by atoms with Gasteiger partial charge < -0.3 is 10.6 Å². The minimum atomic E-state index is 0.770. The third-order valence-corrected chi connectivity index (χ3v) is 4.05. The van der Waals surface area contributed by atoms with Crippen molar-refractivity contribution in [1.82, 2.24) is 15.3 Å². The van der Waals surface area contributed by atoms with Crippen LogP contribution in [-0.2, 0) is 0 Å². The summed E-state index contributed by atoms with van der Waals surface area (Å²) in [5.74, 6) is 0.964. The van der Waals surface area contributed by atoms with E-state index >= 15 is 0 Å². The lowest BCUT2D eigenvalue weighted by molar-refractivity contribution is 0.701. The minimum Gasteiger partial charge on any atom is -0.368 e. The zero-order chi connectivity index (χ0) is 11.7. The lowest BCUT2D eigenvalue weighted by Crippen LogP contribution is -2.24. The van der Waals surface area contributed by atoms with E-state index in [0.717, 1.165) is 35.2 Å². The summed E-state index contributed by atoms with van der Waals surface area (Å²) in [4.78, 5) is 8.62. The summed E-state index contributed by atoms with van der Waals surface area (Å²) in [5.41, 5.74) is 2.30. The molecular weight excluding hydrogens is 232 g/mol. The average molecular weight is 248 g/mol. The third-order valence-electron chi connectivity index (χ3n) is 2.96. The van der Waals surface area contributed by atoms with Gasteiger partial charge >= 0.3 is 0 Å². The quantitative estimate of drug-likeness (QED) is 0.796. The monoisotopic (exact) mass is 248 g/mol. The fraction of sp³-hybridized carbons (Fsp3) is 0.500. The van der Waals surface area contributed by atoms with Gasteiger partial charge in [0.05, 0.1) is 10.2 Å². The number of nitrogens with one attached hydrogen (secondary N) is 2. The first-order chi connectivity index (χ1) is 8.34. The number of nitrogens with zero attached hydrogens (tertiary/aromatic N) is 2. The summed E-state index contributed by atoms with van der Waals surface area (Å²) < 4.78 is 1.16. The second-order valence-electron chi connectivity index (χ2n) is 4.47. The summed E-state index contributed by atoms with van der Waals surface area (Å²) in [7, 11) is 0. The van der Waals surface area contributed by atoms with Gasteiger partial charge in [-0.25, -0.2) is 9.97 Å². The summed E-state index contributed by atoms with van der Waals surface area (Å²) in [6.45, 7) is 4.00. The maximum atomic E-state index is 4.31. The molecule has 0 spiro atoms. The Morgan fingerprint density at radius 2 is 2.24 bits per heavy atom. The molecule has 0 aromatic carbocycles. The molecule has 3 rings (SSSR count). The Labute approximate surface area is 104 Å². The van der Waals surface area contributed by atoms with E-state index in [9.17, 15) is 0 Å². The normalized spacial score (nSPS) is 15.4. The Bertz CT molecular complexity index is 518. The van der Waals surface area contributed by atoms with Gasteiger partial charge in [-0.15, -0.1) is 11.3 Å². The average Bonchev–Trinajstić information content (AvgIpc) is 3.09. The molecule has 90 valence electrons. The number of thiophene rings is 1. The second-order valence-corrected chi connectivity index (χ2v) is 5.35. The zero-order valence-corrected chi connectivity index (χ0v) is 10.7. The second kappa shape index (κ2) is 4.58. The van der Waals surface area contributed by atoms with E-state index in [2.05, 4.69) is 32.9 Å². The number of hydrogen-bond donors (Lipinski definition) is 2. The lowest BCUT2D eigenvalue weighted by Gasteiger charge is -2.06. The highest BCUT2D eigenvalue weighted by molar-refractivity contribution is 7.18. The Morgan fingerprint density at radius 3 is 3.06 bits per heavy atom. The third kappa shape index (κ3) is 2.40. The molecule has 1 aliphatic carbocycles. The topological polar surface area (TPSA) is 49.8 Å². The van der Waals surface area contributed by atoms with E-state index in [0.29, 0.717) is 0 Å². The van der Waals surface area contributed by atoms with Gasteiger partial charge in [0.1, 0.15) is 12.1 Å². The van der Waals surface area contributed by atoms with Crippen LogP contribution >= 0.6 is 11.3 Å². The van der Waals surface area contributed by atoms with E-state index in [-0.39, 0.29) is 0 Å².